The second-order valence-corrected chi connectivity index (χ2v) is 6.28. The first kappa shape index (κ1) is 20.5. The van der Waals surface area contributed by atoms with Gasteiger partial charge in [0.2, 0.25) is 0 Å². The smallest absolute Gasteiger partial charge is 0.338 e. The number of hydrogen-bond donors (Lipinski definition) is 1. The molecule has 3 rings (SSSR count). The molecule has 30 heavy (non-hydrogen) atoms. The second-order valence-electron chi connectivity index (χ2n) is 6.28. The van der Waals surface area contributed by atoms with Crippen LogP contribution in [-0.2, 0) is 9.53 Å². The van der Waals surface area contributed by atoms with Crippen LogP contribution in [0.5, 0.6) is 0 Å². The van der Waals surface area contributed by atoms with E-state index in [1.54, 1.807) is 25.1 Å². The number of nitro groups is 1. The number of nitro benzene ring substituents is 1. The minimum Gasteiger partial charge on any atom is -0.453 e. The highest BCUT2D eigenvalue weighted by atomic mass is 16.6. The largest absolute Gasteiger partial charge is 0.453 e. The first-order valence-corrected chi connectivity index (χ1v) is 8.75. The van der Waals surface area contributed by atoms with Gasteiger partial charge in [0, 0.05) is 22.9 Å². The summed E-state index contributed by atoms with van der Waals surface area (Å²) >= 11 is 0. The first-order valence-electron chi connectivity index (χ1n) is 8.75. The molecule has 0 saturated heterocycles. The molecule has 9 heteroatoms. The van der Waals surface area contributed by atoms with Crippen LogP contribution in [0.1, 0.15) is 26.5 Å². The van der Waals surface area contributed by atoms with E-state index in [2.05, 4.69) is 5.32 Å². The van der Waals surface area contributed by atoms with Crippen molar-refractivity contribution >= 4 is 29.5 Å². The van der Waals surface area contributed by atoms with Crippen molar-refractivity contribution in [1.82, 2.24) is 0 Å². The van der Waals surface area contributed by atoms with Crippen LogP contribution >= 0.6 is 0 Å². The summed E-state index contributed by atoms with van der Waals surface area (Å²) in [5.41, 5.74) is 1.45. The summed E-state index contributed by atoms with van der Waals surface area (Å²) in [6.07, 6.45) is 0.592. The maximum absolute atomic E-state index is 12.1. The molecular formula is C21H16N2O7. The van der Waals surface area contributed by atoms with E-state index in [0.29, 0.717) is 23.2 Å². The highest BCUT2D eigenvalue weighted by Gasteiger charge is 2.14. The maximum atomic E-state index is 12.1. The number of carbonyl (C=O) groups excluding carboxylic acids is 3. The Balaban J connectivity index is 1.57. The van der Waals surface area contributed by atoms with Crippen LogP contribution in [-0.4, -0.2) is 29.7 Å². The summed E-state index contributed by atoms with van der Waals surface area (Å²) in [5.74, 6) is -0.670. The number of ether oxygens (including phenoxy) is 1. The number of hydrogen-bond acceptors (Lipinski definition) is 7. The molecule has 0 saturated carbocycles. The molecule has 0 bridgehead atoms. The molecule has 0 spiro atoms. The van der Waals surface area contributed by atoms with Crippen molar-refractivity contribution in [2.75, 3.05) is 11.9 Å². The molecular weight excluding hydrogens is 392 g/mol. The molecule has 0 atom stereocenters. The Labute approximate surface area is 170 Å². The van der Waals surface area contributed by atoms with Crippen LogP contribution in [0.25, 0.3) is 11.3 Å². The highest BCUT2D eigenvalue weighted by Crippen LogP contribution is 2.23. The number of nitrogens with zero attached hydrogens (tertiary/aromatic N) is 1. The van der Waals surface area contributed by atoms with Crippen molar-refractivity contribution < 1.29 is 28.5 Å². The number of esters is 1. The molecule has 3 aromatic rings. The summed E-state index contributed by atoms with van der Waals surface area (Å²) in [6.45, 7) is 1.03. The fourth-order valence-corrected chi connectivity index (χ4v) is 2.64. The summed E-state index contributed by atoms with van der Waals surface area (Å²) < 4.78 is 10.3. The number of aryl methyl sites for hydroxylation is 1. The molecule has 1 heterocycles. The highest BCUT2D eigenvalue weighted by molar-refractivity contribution is 5.95. The summed E-state index contributed by atoms with van der Waals surface area (Å²) in [7, 11) is 0. The third-order valence-corrected chi connectivity index (χ3v) is 4.17. The average molecular weight is 408 g/mol. The van der Waals surface area contributed by atoms with Crippen molar-refractivity contribution in [2.24, 2.45) is 0 Å². The molecule has 1 N–H and O–H groups in total. The monoisotopic (exact) mass is 408 g/mol. The third-order valence-electron chi connectivity index (χ3n) is 4.17. The van der Waals surface area contributed by atoms with Crippen molar-refractivity contribution in [3.63, 3.8) is 0 Å². The van der Waals surface area contributed by atoms with Gasteiger partial charge in [0.25, 0.3) is 11.6 Å². The Morgan fingerprint density at radius 2 is 1.87 bits per heavy atom. The lowest BCUT2D eigenvalue weighted by atomic mass is 10.1. The van der Waals surface area contributed by atoms with E-state index >= 15 is 0 Å². The lowest BCUT2D eigenvalue weighted by Gasteiger charge is -2.08. The van der Waals surface area contributed by atoms with Gasteiger partial charge in [-0.25, -0.2) is 4.79 Å². The van der Waals surface area contributed by atoms with Crippen molar-refractivity contribution in [1.29, 1.82) is 0 Å². The van der Waals surface area contributed by atoms with Gasteiger partial charge in [0.15, 0.2) is 18.7 Å². The van der Waals surface area contributed by atoms with Gasteiger partial charge >= 0.3 is 5.97 Å². The fourth-order valence-electron chi connectivity index (χ4n) is 2.64. The van der Waals surface area contributed by atoms with Gasteiger partial charge in [-0.15, -0.1) is 0 Å². The second kappa shape index (κ2) is 8.82. The zero-order valence-corrected chi connectivity index (χ0v) is 15.8. The summed E-state index contributed by atoms with van der Waals surface area (Å²) in [4.78, 5) is 45.2. The number of amides is 1. The van der Waals surface area contributed by atoms with E-state index < -0.39 is 23.4 Å². The van der Waals surface area contributed by atoms with Crippen LogP contribution in [0.4, 0.5) is 11.4 Å². The van der Waals surface area contributed by atoms with E-state index in [1.165, 1.54) is 36.4 Å². The van der Waals surface area contributed by atoms with Gasteiger partial charge in [-0.2, -0.15) is 0 Å². The lowest BCUT2D eigenvalue weighted by molar-refractivity contribution is -0.385. The Morgan fingerprint density at radius 3 is 2.50 bits per heavy atom. The molecule has 2 aromatic carbocycles. The molecule has 1 aromatic heterocycles. The van der Waals surface area contributed by atoms with E-state index in [0.717, 1.165) is 0 Å². The maximum Gasteiger partial charge on any atom is 0.338 e. The van der Waals surface area contributed by atoms with Crippen molar-refractivity contribution in [2.45, 2.75) is 6.92 Å². The van der Waals surface area contributed by atoms with Gasteiger partial charge in [0.1, 0.15) is 5.76 Å². The van der Waals surface area contributed by atoms with Gasteiger partial charge in [0.05, 0.1) is 10.5 Å². The molecule has 0 unspecified atom stereocenters. The lowest BCUT2D eigenvalue weighted by Crippen LogP contribution is -2.21. The van der Waals surface area contributed by atoms with Gasteiger partial charge in [-0.1, -0.05) is 18.2 Å². The molecule has 9 nitrogen and oxygen atoms in total. The molecule has 1 amide bonds. The number of furan rings is 1. The van der Waals surface area contributed by atoms with Crippen molar-refractivity contribution in [3.8, 4) is 11.3 Å². The molecule has 0 aliphatic rings. The Morgan fingerprint density at radius 1 is 1.13 bits per heavy atom. The number of nitrogens with one attached hydrogen (secondary N) is 1. The molecule has 152 valence electrons. The number of anilines is 1. The van der Waals surface area contributed by atoms with Gasteiger partial charge in [-0.3, -0.25) is 19.7 Å². The minimum absolute atomic E-state index is 0.123. The van der Waals surface area contributed by atoms with Crippen LogP contribution in [0, 0.1) is 17.0 Å². The Hall–Kier alpha value is -4.27. The molecule has 0 aliphatic carbocycles. The molecule has 0 aliphatic heterocycles. The van der Waals surface area contributed by atoms with E-state index in [4.69, 9.17) is 9.15 Å². The van der Waals surface area contributed by atoms with E-state index in [1.807, 2.05) is 0 Å². The van der Waals surface area contributed by atoms with Crippen LogP contribution in [0.3, 0.4) is 0 Å². The average Bonchev–Trinajstić information content (AvgIpc) is 3.22. The van der Waals surface area contributed by atoms with Crippen LogP contribution in [0.2, 0.25) is 0 Å². The summed E-state index contributed by atoms with van der Waals surface area (Å²) in [5, 5.41) is 13.4. The van der Waals surface area contributed by atoms with E-state index in [-0.39, 0.29) is 22.7 Å². The summed E-state index contributed by atoms with van der Waals surface area (Å²) in [6, 6.07) is 13.7. The first-order chi connectivity index (χ1) is 14.4. The Kier molecular flexibility index (Phi) is 6.02. The van der Waals surface area contributed by atoms with Gasteiger partial charge < -0.3 is 14.5 Å². The van der Waals surface area contributed by atoms with Gasteiger partial charge in [-0.05, 0) is 37.3 Å². The molecule has 0 fully saturated rings. The van der Waals surface area contributed by atoms with Crippen LogP contribution in [0.15, 0.2) is 59.0 Å². The van der Waals surface area contributed by atoms with Crippen molar-refractivity contribution in [3.05, 3.63) is 81.6 Å². The number of carbonyl (C=O) groups is 3. The quantitative estimate of drug-likeness (QED) is 0.273. The minimum atomic E-state index is -0.709. The number of rotatable bonds is 7. The third kappa shape index (κ3) is 4.76. The normalized spacial score (nSPS) is 10.3. The zero-order valence-electron chi connectivity index (χ0n) is 15.8. The standard InChI is InChI=1S/C21H16N2O7/c1-13-2-7-16(10-18(13)23(27)28)22-20(25)12-29-21(26)15-5-3-14(4-6-15)19-9-8-17(11-24)30-19/h2-11H,12H2,1H3,(H,22,25). The van der Waals surface area contributed by atoms with Crippen LogP contribution < -0.4 is 5.32 Å². The predicted molar refractivity (Wildman–Crippen MR) is 106 cm³/mol. The Bertz CT molecular complexity index is 1120. The zero-order chi connectivity index (χ0) is 21.7. The topological polar surface area (TPSA) is 129 Å². The number of aldehydes is 1. The SMILES string of the molecule is Cc1ccc(NC(=O)COC(=O)c2ccc(-c3ccc(C=O)o3)cc2)cc1[N+](=O)[O-]. The molecule has 0 radical (unpaired) electrons. The fraction of sp³-hybridized carbons (Fsp3) is 0.0952. The predicted octanol–water partition coefficient (Wildman–Crippen LogP) is 3.77. The number of benzene rings is 2. The van der Waals surface area contributed by atoms with E-state index in [9.17, 15) is 24.5 Å².